The Balaban J connectivity index is 1.49. The molecule has 1 saturated heterocycles. The number of amides is 2. The van der Waals surface area contributed by atoms with Crippen molar-refractivity contribution in [3.05, 3.63) is 50.9 Å². The molecule has 1 aromatic carbocycles. The van der Waals surface area contributed by atoms with Gasteiger partial charge in [0, 0.05) is 23.6 Å². The van der Waals surface area contributed by atoms with Crippen molar-refractivity contribution in [3.63, 3.8) is 0 Å². The summed E-state index contributed by atoms with van der Waals surface area (Å²) in [5.41, 5.74) is 0.174. The highest BCUT2D eigenvalue weighted by Crippen LogP contribution is 2.21. The van der Waals surface area contributed by atoms with Gasteiger partial charge in [-0.2, -0.15) is 0 Å². The first-order chi connectivity index (χ1) is 12.9. The first-order valence-electron chi connectivity index (χ1n) is 8.78. The minimum absolute atomic E-state index is 0.0417. The third-order valence-electron chi connectivity index (χ3n) is 4.73. The zero-order valence-corrected chi connectivity index (χ0v) is 17.3. The van der Waals surface area contributed by atoms with E-state index in [-0.39, 0.29) is 29.6 Å². The summed E-state index contributed by atoms with van der Waals surface area (Å²) in [5.74, 6) is -0.753. The molecule has 1 fully saturated rings. The molecule has 2 N–H and O–H groups in total. The number of nitrogens with zero attached hydrogens (tertiary/aromatic N) is 1. The van der Waals surface area contributed by atoms with Gasteiger partial charge in [0.05, 0.1) is 16.6 Å². The number of thiophene rings is 1. The van der Waals surface area contributed by atoms with Crippen molar-refractivity contribution in [1.82, 2.24) is 10.2 Å². The average molecular weight is 454 g/mol. The first kappa shape index (κ1) is 20.0. The molecule has 0 saturated carbocycles. The fourth-order valence-corrected chi connectivity index (χ4v) is 4.05. The van der Waals surface area contributed by atoms with Crippen LogP contribution in [0.4, 0.5) is 10.1 Å². The Labute approximate surface area is 170 Å². The summed E-state index contributed by atoms with van der Waals surface area (Å²) in [5, 5.41) is 7.59. The van der Waals surface area contributed by atoms with Crippen LogP contribution in [0.3, 0.4) is 0 Å². The molecule has 1 aromatic heterocycles. The van der Waals surface area contributed by atoms with E-state index in [4.69, 9.17) is 0 Å². The Morgan fingerprint density at radius 1 is 1.30 bits per heavy atom. The second-order valence-electron chi connectivity index (χ2n) is 6.55. The molecule has 0 radical (unpaired) electrons. The van der Waals surface area contributed by atoms with Crippen molar-refractivity contribution in [3.8, 4) is 0 Å². The Morgan fingerprint density at radius 3 is 2.67 bits per heavy atom. The van der Waals surface area contributed by atoms with Crippen molar-refractivity contribution in [2.75, 3.05) is 18.4 Å². The van der Waals surface area contributed by atoms with Crippen LogP contribution in [0.25, 0.3) is 0 Å². The number of rotatable bonds is 5. The predicted octanol–water partition coefficient (Wildman–Crippen LogP) is 3.87. The van der Waals surface area contributed by atoms with Crippen molar-refractivity contribution < 1.29 is 14.0 Å². The number of anilines is 1. The molecular formula is C19H21BrFN3O2S. The minimum Gasteiger partial charge on any atom is -0.349 e. The van der Waals surface area contributed by atoms with E-state index in [1.54, 1.807) is 6.07 Å². The molecule has 5 nitrogen and oxygen atoms in total. The molecule has 8 heteroatoms. The second-order valence-corrected chi connectivity index (χ2v) is 8.41. The maximum atomic E-state index is 13.9. The molecule has 1 unspecified atom stereocenters. The first-order valence-corrected chi connectivity index (χ1v) is 10.5. The lowest BCUT2D eigenvalue weighted by Gasteiger charge is -2.35. The van der Waals surface area contributed by atoms with Crippen LogP contribution in [0.15, 0.2) is 40.2 Å². The van der Waals surface area contributed by atoms with Gasteiger partial charge in [-0.3, -0.25) is 14.5 Å². The van der Waals surface area contributed by atoms with Crippen molar-refractivity contribution >= 4 is 44.8 Å². The molecule has 3 rings (SSSR count). The number of nitrogens with one attached hydrogen (secondary N) is 2. The summed E-state index contributed by atoms with van der Waals surface area (Å²) in [6.45, 7) is 3.22. The van der Waals surface area contributed by atoms with Crippen LogP contribution in [0.5, 0.6) is 0 Å². The van der Waals surface area contributed by atoms with E-state index in [1.807, 2.05) is 24.4 Å². The van der Waals surface area contributed by atoms with Crippen LogP contribution in [0, 0.1) is 5.82 Å². The molecule has 1 aliphatic rings. The Bertz CT molecular complexity index is 807. The summed E-state index contributed by atoms with van der Waals surface area (Å²) < 4.78 is 14.5. The van der Waals surface area contributed by atoms with Gasteiger partial charge in [-0.15, -0.1) is 11.3 Å². The van der Waals surface area contributed by atoms with E-state index in [1.165, 1.54) is 23.5 Å². The number of piperidine rings is 1. The summed E-state index contributed by atoms with van der Waals surface area (Å²) in [4.78, 5) is 27.4. The highest BCUT2D eigenvalue weighted by Gasteiger charge is 2.28. The van der Waals surface area contributed by atoms with Crippen LogP contribution in [0.2, 0.25) is 0 Å². The molecule has 1 aliphatic heterocycles. The summed E-state index contributed by atoms with van der Waals surface area (Å²) in [6, 6.07) is 7.94. The van der Waals surface area contributed by atoms with Gasteiger partial charge in [-0.05, 0) is 49.4 Å². The third-order valence-corrected chi connectivity index (χ3v) is 6.09. The van der Waals surface area contributed by atoms with E-state index < -0.39 is 5.82 Å². The highest BCUT2D eigenvalue weighted by atomic mass is 79.9. The molecule has 2 heterocycles. The number of carbonyl (C=O) groups is 2. The van der Waals surface area contributed by atoms with Crippen LogP contribution >= 0.6 is 27.3 Å². The number of halogens is 2. The molecule has 0 spiro atoms. The zero-order valence-electron chi connectivity index (χ0n) is 14.9. The number of hydrogen-bond acceptors (Lipinski definition) is 4. The Morgan fingerprint density at radius 2 is 2.04 bits per heavy atom. The second kappa shape index (κ2) is 8.95. The normalized spacial score (nSPS) is 16.7. The summed E-state index contributed by atoms with van der Waals surface area (Å²) in [7, 11) is 0. The van der Waals surface area contributed by atoms with Crippen molar-refractivity contribution in [2.24, 2.45) is 0 Å². The molecule has 2 amide bonds. The van der Waals surface area contributed by atoms with Gasteiger partial charge in [0.15, 0.2) is 0 Å². The average Bonchev–Trinajstić information content (AvgIpc) is 3.19. The van der Waals surface area contributed by atoms with Crippen LogP contribution in [-0.4, -0.2) is 41.9 Å². The van der Waals surface area contributed by atoms with Gasteiger partial charge >= 0.3 is 0 Å². The third kappa shape index (κ3) is 5.15. The molecule has 0 bridgehead atoms. The maximum Gasteiger partial charge on any atom is 0.261 e. The van der Waals surface area contributed by atoms with Gasteiger partial charge in [-0.25, -0.2) is 4.39 Å². The minimum atomic E-state index is -0.472. The molecule has 0 aliphatic carbocycles. The van der Waals surface area contributed by atoms with Crippen LogP contribution in [-0.2, 0) is 4.79 Å². The predicted molar refractivity (Wildman–Crippen MR) is 109 cm³/mol. The topological polar surface area (TPSA) is 61.4 Å². The molecule has 27 heavy (non-hydrogen) atoms. The number of likely N-dealkylation sites (tertiary alicyclic amines) is 1. The van der Waals surface area contributed by atoms with Crippen LogP contribution in [0.1, 0.15) is 29.4 Å². The van der Waals surface area contributed by atoms with E-state index in [2.05, 4.69) is 31.5 Å². The lowest BCUT2D eigenvalue weighted by molar-refractivity contribution is -0.121. The van der Waals surface area contributed by atoms with Crippen LogP contribution < -0.4 is 10.6 Å². The molecular weight excluding hydrogens is 433 g/mol. The number of carbonyl (C=O) groups excluding carboxylic acids is 2. The van der Waals surface area contributed by atoms with E-state index in [0.717, 1.165) is 12.8 Å². The lowest BCUT2D eigenvalue weighted by atomic mass is 10.0. The smallest absolute Gasteiger partial charge is 0.261 e. The molecule has 1 atom stereocenters. The highest BCUT2D eigenvalue weighted by molar-refractivity contribution is 9.10. The standard InChI is InChI=1S/C19H21BrFN3O2S/c1-12(18(25)23-16-5-4-13(20)11-15(16)21)24-8-6-14(7-9-24)22-19(26)17-3-2-10-27-17/h2-5,10-12,14H,6-9H2,1H3,(H,22,26)(H,23,25). The summed E-state index contributed by atoms with van der Waals surface area (Å²) in [6.07, 6.45) is 1.56. The number of hydrogen-bond donors (Lipinski definition) is 2. The maximum absolute atomic E-state index is 13.9. The SMILES string of the molecule is CC(C(=O)Nc1ccc(Br)cc1F)N1CCC(NC(=O)c2cccs2)CC1. The van der Waals surface area contributed by atoms with Gasteiger partial charge in [0.1, 0.15) is 5.82 Å². The van der Waals surface area contributed by atoms with Gasteiger partial charge in [0.25, 0.3) is 5.91 Å². The Hall–Kier alpha value is -1.77. The molecule has 2 aromatic rings. The van der Waals surface area contributed by atoms with E-state index in [0.29, 0.717) is 22.4 Å². The van der Waals surface area contributed by atoms with E-state index in [9.17, 15) is 14.0 Å². The van der Waals surface area contributed by atoms with Crippen molar-refractivity contribution in [2.45, 2.75) is 31.8 Å². The number of benzene rings is 1. The fraction of sp³-hybridized carbons (Fsp3) is 0.368. The van der Waals surface area contributed by atoms with Gasteiger partial charge in [-0.1, -0.05) is 22.0 Å². The quantitative estimate of drug-likeness (QED) is 0.721. The van der Waals surface area contributed by atoms with Gasteiger partial charge < -0.3 is 10.6 Å². The van der Waals surface area contributed by atoms with Crippen molar-refractivity contribution in [1.29, 1.82) is 0 Å². The Kier molecular flexibility index (Phi) is 6.62. The summed E-state index contributed by atoms with van der Waals surface area (Å²) >= 11 is 4.62. The van der Waals surface area contributed by atoms with E-state index >= 15 is 0 Å². The largest absolute Gasteiger partial charge is 0.349 e. The monoisotopic (exact) mass is 453 g/mol. The fourth-order valence-electron chi connectivity index (χ4n) is 3.09. The van der Waals surface area contributed by atoms with Gasteiger partial charge in [0.2, 0.25) is 5.91 Å². The molecule has 144 valence electrons. The lowest BCUT2D eigenvalue weighted by Crippen LogP contribution is -2.50. The zero-order chi connectivity index (χ0) is 19.4.